The number of hydrogen-bond acceptors (Lipinski definition) is 4. The van der Waals surface area contributed by atoms with E-state index in [-0.39, 0.29) is 12.6 Å². The molecule has 6 heteroatoms. The van der Waals surface area contributed by atoms with Crippen molar-refractivity contribution in [2.45, 2.75) is 13.5 Å². The van der Waals surface area contributed by atoms with Gasteiger partial charge in [0.25, 0.3) is 0 Å². The van der Waals surface area contributed by atoms with Gasteiger partial charge in [-0.2, -0.15) is 0 Å². The summed E-state index contributed by atoms with van der Waals surface area (Å²) in [6.45, 7) is 2.26. The van der Waals surface area contributed by atoms with E-state index in [0.717, 1.165) is 11.3 Å². The highest BCUT2D eigenvalue weighted by atomic mass is 16.5. The van der Waals surface area contributed by atoms with E-state index in [4.69, 9.17) is 9.47 Å². The number of amides is 2. The van der Waals surface area contributed by atoms with Crippen molar-refractivity contribution >= 4 is 12.0 Å². The highest BCUT2D eigenvalue weighted by Gasteiger charge is 2.12. The van der Waals surface area contributed by atoms with Gasteiger partial charge in [0.15, 0.2) is 0 Å². The van der Waals surface area contributed by atoms with Crippen LogP contribution in [0, 0.1) is 0 Å². The zero-order valence-electron chi connectivity index (χ0n) is 12.0. The summed E-state index contributed by atoms with van der Waals surface area (Å²) in [5, 5.41) is 2.50. The van der Waals surface area contributed by atoms with E-state index in [0.29, 0.717) is 13.2 Å². The number of nitrogens with one attached hydrogen (secondary N) is 1. The molecule has 0 radical (unpaired) electrons. The van der Waals surface area contributed by atoms with E-state index in [1.54, 1.807) is 21.1 Å². The highest BCUT2D eigenvalue weighted by molar-refractivity contribution is 5.80. The summed E-state index contributed by atoms with van der Waals surface area (Å²) in [6.07, 6.45) is 0. The Morgan fingerprint density at radius 3 is 2.65 bits per heavy atom. The van der Waals surface area contributed by atoms with Gasteiger partial charge in [-0.15, -0.1) is 0 Å². The van der Waals surface area contributed by atoms with Crippen molar-refractivity contribution < 1.29 is 19.1 Å². The number of carbonyl (C=O) groups is 2. The molecule has 1 aromatic carbocycles. The molecule has 20 heavy (non-hydrogen) atoms. The van der Waals surface area contributed by atoms with Crippen molar-refractivity contribution in [1.82, 2.24) is 10.2 Å². The van der Waals surface area contributed by atoms with Gasteiger partial charge >= 0.3 is 12.0 Å². The number of hydrogen-bond donors (Lipinski definition) is 1. The fourth-order valence-corrected chi connectivity index (χ4v) is 1.66. The molecular formula is C14H20N2O4. The fourth-order valence-electron chi connectivity index (χ4n) is 1.66. The Labute approximate surface area is 118 Å². The molecule has 0 atom stereocenters. The molecule has 0 heterocycles. The van der Waals surface area contributed by atoms with E-state index in [9.17, 15) is 9.59 Å². The Hall–Kier alpha value is -2.24. The van der Waals surface area contributed by atoms with Crippen molar-refractivity contribution in [1.29, 1.82) is 0 Å². The molecule has 0 bridgehead atoms. The normalized spacial score (nSPS) is 9.75. The molecule has 110 valence electrons. The molecule has 1 aromatic rings. The molecule has 0 aliphatic rings. The van der Waals surface area contributed by atoms with Gasteiger partial charge in [0.1, 0.15) is 12.3 Å². The van der Waals surface area contributed by atoms with Crippen LogP contribution in [0.25, 0.3) is 0 Å². The summed E-state index contributed by atoms with van der Waals surface area (Å²) < 4.78 is 9.96. The van der Waals surface area contributed by atoms with Gasteiger partial charge in [-0.3, -0.25) is 4.79 Å². The zero-order valence-corrected chi connectivity index (χ0v) is 12.0. The number of methoxy groups -OCH3 is 1. The SMILES string of the molecule is CCOC(=O)CNC(=O)N(C)Cc1ccccc1OC. The number of esters is 1. The van der Waals surface area contributed by atoms with E-state index >= 15 is 0 Å². The summed E-state index contributed by atoms with van der Waals surface area (Å²) in [5.74, 6) is 0.268. The first-order valence-electron chi connectivity index (χ1n) is 6.35. The van der Waals surface area contributed by atoms with Crippen LogP contribution in [0.2, 0.25) is 0 Å². The van der Waals surface area contributed by atoms with Crippen LogP contribution in [0.3, 0.4) is 0 Å². The van der Waals surface area contributed by atoms with Crippen molar-refractivity contribution in [2.24, 2.45) is 0 Å². The lowest BCUT2D eigenvalue weighted by Gasteiger charge is -2.19. The minimum Gasteiger partial charge on any atom is -0.496 e. The Morgan fingerprint density at radius 1 is 1.30 bits per heavy atom. The molecule has 2 amide bonds. The van der Waals surface area contributed by atoms with Gasteiger partial charge in [0.2, 0.25) is 0 Å². The quantitative estimate of drug-likeness (QED) is 0.800. The monoisotopic (exact) mass is 280 g/mol. The molecule has 6 nitrogen and oxygen atoms in total. The average molecular weight is 280 g/mol. The van der Waals surface area contributed by atoms with Crippen LogP contribution in [0.5, 0.6) is 5.75 Å². The number of urea groups is 1. The van der Waals surface area contributed by atoms with Crippen LogP contribution in [0.15, 0.2) is 24.3 Å². The molecule has 1 rings (SSSR count). The Morgan fingerprint density at radius 2 is 2.00 bits per heavy atom. The fraction of sp³-hybridized carbons (Fsp3) is 0.429. The molecule has 0 aliphatic carbocycles. The van der Waals surface area contributed by atoms with Gasteiger partial charge in [-0.25, -0.2) is 4.79 Å². The third-order valence-electron chi connectivity index (χ3n) is 2.64. The summed E-state index contributed by atoms with van der Waals surface area (Å²) in [7, 11) is 3.23. The number of nitrogens with zero attached hydrogens (tertiary/aromatic N) is 1. The molecule has 0 aromatic heterocycles. The third kappa shape index (κ3) is 4.79. The second kappa shape index (κ2) is 8.04. The van der Waals surface area contributed by atoms with Crippen LogP contribution in [0.1, 0.15) is 12.5 Å². The Kier molecular flexibility index (Phi) is 6.36. The lowest BCUT2D eigenvalue weighted by molar-refractivity contribution is -0.141. The first kappa shape index (κ1) is 15.8. The number of carbonyl (C=O) groups excluding carboxylic acids is 2. The Balaban J connectivity index is 2.51. The lowest BCUT2D eigenvalue weighted by atomic mass is 10.2. The van der Waals surface area contributed by atoms with Crippen LogP contribution in [-0.2, 0) is 16.1 Å². The third-order valence-corrected chi connectivity index (χ3v) is 2.64. The predicted molar refractivity (Wildman–Crippen MR) is 74.5 cm³/mol. The van der Waals surface area contributed by atoms with Crippen LogP contribution in [-0.4, -0.2) is 44.2 Å². The van der Waals surface area contributed by atoms with Crippen molar-refractivity contribution in [3.05, 3.63) is 29.8 Å². The summed E-state index contributed by atoms with van der Waals surface area (Å²) in [6, 6.07) is 7.11. The zero-order chi connectivity index (χ0) is 15.0. The maximum atomic E-state index is 11.8. The minimum atomic E-state index is -0.452. The predicted octanol–water partition coefficient (Wildman–Crippen LogP) is 1.40. The first-order valence-corrected chi connectivity index (χ1v) is 6.35. The molecule has 0 aliphatic heterocycles. The number of rotatable bonds is 6. The highest BCUT2D eigenvalue weighted by Crippen LogP contribution is 2.18. The minimum absolute atomic E-state index is 0.136. The van der Waals surface area contributed by atoms with Crippen LogP contribution in [0.4, 0.5) is 4.79 Å². The smallest absolute Gasteiger partial charge is 0.325 e. The van der Waals surface area contributed by atoms with Crippen LogP contribution < -0.4 is 10.1 Å². The molecule has 0 fully saturated rings. The van der Waals surface area contributed by atoms with Crippen molar-refractivity contribution in [2.75, 3.05) is 27.3 Å². The molecule has 1 N–H and O–H groups in total. The van der Waals surface area contributed by atoms with Crippen molar-refractivity contribution in [3.63, 3.8) is 0 Å². The average Bonchev–Trinajstić information content (AvgIpc) is 2.45. The summed E-state index contributed by atoms with van der Waals surface area (Å²) >= 11 is 0. The van der Waals surface area contributed by atoms with E-state index in [1.807, 2.05) is 24.3 Å². The lowest BCUT2D eigenvalue weighted by Crippen LogP contribution is -2.39. The second-order valence-electron chi connectivity index (χ2n) is 4.13. The van der Waals surface area contributed by atoms with Gasteiger partial charge in [0.05, 0.1) is 20.3 Å². The van der Waals surface area contributed by atoms with Gasteiger partial charge in [-0.05, 0) is 13.0 Å². The standard InChI is InChI=1S/C14H20N2O4/c1-4-20-13(17)9-15-14(18)16(2)10-11-7-5-6-8-12(11)19-3/h5-8H,4,9-10H2,1-3H3,(H,15,18). The van der Waals surface area contributed by atoms with E-state index in [2.05, 4.69) is 5.32 Å². The van der Waals surface area contributed by atoms with Gasteiger partial charge in [-0.1, -0.05) is 18.2 Å². The van der Waals surface area contributed by atoms with E-state index in [1.165, 1.54) is 4.90 Å². The second-order valence-corrected chi connectivity index (χ2v) is 4.13. The molecular weight excluding hydrogens is 260 g/mol. The van der Waals surface area contributed by atoms with Crippen molar-refractivity contribution in [3.8, 4) is 5.75 Å². The maximum Gasteiger partial charge on any atom is 0.325 e. The molecule has 0 unspecified atom stereocenters. The number of para-hydroxylation sites is 1. The van der Waals surface area contributed by atoms with E-state index < -0.39 is 5.97 Å². The topological polar surface area (TPSA) is 67.9 Å². The summed E-state index contributed by atoms with van der Waals surface area (Å²) in [5.41, 5.74) is 0.892. The molecule has 0 saturated carbocycles. The number of benzene rings is 1. The largest absolute Gasteiger partial charge is 0.496 e. The first-order chi connectivity index (χ1) is 9.58. The summed E-state index contributed by atoms with van der Waals surface area (Å²) in [4.78, 5) is 24.4. The Bertz CT molecular complexity index is 462. The van der Waals surface area contributed by atoms with Gasteiger partial charge in [0, 0.05) is 12.6 Å². The maximum absolute atomic E-state index is 11.8. The number of ether oxygens (including phenoxy) is 2. The molecule has 0 saturated heterocycles. The van der Waals surface area contributed by atoms with Gasteiger partial charge < -0.3 is 19.7 Å². The molecule has 0 spiro atoms. The van der Waals surface area contributed by atoms with Crippen LogP contribution >= 0.6 is 0 Å².